The molecule has 0 aliphatic heterocycles. The van der Waals surface area contributed by atoms with Crippen LogP contribution in [0.15, 0.2) is 12.3 Å². The lowest BCUT2D eigenvalue weighted by Crippen LogP contribution is -2.41. The molecule has 1 heterocycles. The van der Waals surface area contributed by atoms with Gasteiger partial charge in [-0.25, -0.2) is 8.78 Å². The summed E-state index contributed by atoms with van der Waals surface area (Å²) in [5.74, 6) is -4.08. The molecular formula is C10H12F2N4O3. The van der Waals surface area contributed by atoms with Crippen LogP contribution in [-0.2, 0) is 0 Å². The summed E-state index contributed by atoms with van der Waals surface area (Å²) in [4.78, 5) is 25.1. The van der Waals surface area contributed by atoms with Crippen LogP contribution >= 0.6 is 0 Å². The van der Waals surface area contributed by atoms with Crippen LogP contribution in [0.5, 0.6) is 0 Å². The summed E-state index contributed by atoms with van der Waals surface area (Å²) in [6.07, 6.45) is 0.987. The summed E-state index contributed by atoms with van der Waals surface area (Å²) < 4.78 is 25.7. The van der Waals surface area contributed by atoms with Crippen LogP contribution < -0.4 is 11.1 Å². The van der Waals surface area contributed by atoms with Gasteiger partial charge in [0.15, 0.2) is 0 Å². The molecule has 1 aromatic rings. The van der Waals surface area contributed by atoms with Crippen molar-refractivity contribution in [3.63, 3.8) is 0 Å². The zero-order valence-electron chi connectivity index (χ0n) is 10.0. The molecule has 0 radical (unpaired) electrons. The second-order valence-corrected chi connectivity index (χ2v) is 3.83. The lowest BCUT2D eigenvalue weighted by Gasteiger charge is -2.14. The Balaban J connectivity index is 2.88. The summed E-state index contributed by atoms with van der Waals surface area (Å²) in [6.45, 7) is -0.399. The van der Waals surface area contributed by atoms with Gasteiger partial charge in [0.25, 0.3) is 17.5 Å². The Morgan fingerprint density at radius 2 is 2.26 bits per heavy atom. The number of aromatic nitrogens is 1. The molecule has 0 bridgehead atoms. The normalized spacial score (nSPS) is 11.2. The first-order chi connectivity index (χ1) is 8.76. The molecule has 0 atom stereocenters. The SMILES string of the molecule is Cc1ncc([N+](=O)[O-])cc1C(=O)NCC(F)(F)CN. The van der Waals surface area contributed by atoms with E-state index in [0.717, 1.165) is 12.3 Å². The van der Waals surface area contributed by atoms with Crippen molar-refractivity contribution in [3.8, 4) is 0 Å². The molecule has 0 aliphatic carbocycles. The number of carbonyl (C=O) groups is 1. The fourth-order valence-electron chi connectivity index (χ4n) is 1.23. The summed E-state index contributed by atoms with van der Waals surface area (Å²) >= 11 is 0. The Bertz CT molecular complexity index is 508. The number of hydrogen-bond donors (Lipinski definition) is 2. The van der Waals surface area contributed by atoms with Crippen LogP contribution in [-0.4, -0.2) is 34.8 Å². The van der Waals surface area contributed by atoms with Gasteiger partial charge < -0.3 is 11.1 Å². The molecule has 19 heavy (non-hydrogen) atoms. The van der Waals surface area contributed by atoms with Crippen LogP contribution in [0.4, 0.5) is 14.5 Å². The lowest BCUT2D eigenvalue weighted by atomic mass is 10.1. The van der Waals surface area contributed by atoms with Crippen molar-refractivity contribution in [2.24, 2.45) is 5.73 Å². The maximum atomic E-state index is 12.9. The van der Waals surface area contributed by atoms with Crippen molar-refractivity contribution in [2.45, 2.75) is 12.8 Å². The Morgan fingerprint density at radius 1 is 1.63 bits per heavy atom. The van der Waals surface area contributed by atoms with Crippen LogP contribution in [0.3, 0.4) is 0 Å². The number of nitrogens with zero attached hydrogens (tertiary/aromatic N) is 2. The van der Waals surface area contributed by atoms with Crippen molar-refractivity contribution in [3.05, 3.63) is 33.6 Å². The molecule has 0 fully saturated rings. The van der Waals surface area contributed by atoms with Crippen molar-refractivity contribution in [1.29, 1.82) is 0 Å². The zero-order chi connectivity index (χ0) is 14.6. The summed E-state index contributed by atoms with van der Waals surface area (Å²) in [7, 11) is 0. The van der Waals surface area contributed by atoms with E-state index in [1.54, 1.807) is 0 Å². The van der Waals surface area contributed by atoms with Crippen LogP contribution in [0, 0.1) is 17.0 Å². The first-order valence-electron chi connectivity index (χ1n) is 5.24. The van der Waals surface area contributed by atoms with Gasteiger partial charge in [0.2, 0.25) is 0 Å². The molecule has 0 spiro atoms. The van der Waals surface area contributed by atoms with E-state index < -0.39 is 29.8 Å². The Hall–Kier alpha value is -2.16. The molecule has 1 aromatic heterocycles. The van der Waals surface area contributed by atoms with E-state index >= 15 is 0 Å². The van der Waals surface area contributed by atoms with E-state index in [1.165, 1.54) is 6.92 Å². The average Bonchev–Trinajstić information content (AvgIpc) is 2.36. The number of aryl methyl sites for hydroxylation is 1. The van der Waals surface area contributed by atoms with Gasteiger partial charge in [-0.05, 0) is 6.92 Å². The summed E-state index contributed by atoms with van der Waals surface area (Å²) in [5, 5.41) is 12.5. The Kier molecular flexibility index (Phi) is 4.43. The van der Waals surface area contributed by atoms with Gasteiger partial charge in [-0.3, -0.25) is 19.9 Å². The van der Waals surface area contributed by atoms with Crippen LogP contribution in [0.2, 0.25) is 0 Å². The maximum absolute atomic E-state index is 12.9. The Labute approximate surface area is 107 Å². The van der Waals surface area contributed by atoms with Crippen LogP contribution in [0.25, 0.3) is 0 Å². The van der Waals surface area contributed by atoms with Crippen molar-refractivity contribution >= 4 is 11.6 Å². The third kappa shape index (κ3) is 3.91. The molecule has 9 heteroatoms. The first kappa shape index (κ1) is 14.9. The number of hydrogen-bond acceptors (Lipinski definition) is 5. The van der Waals surface area contributed by atoms with E-state index in [9.17, 15) is 23.7 Å². The lowest BCUT2D eigenvalue weighted by molar-refractivity contribution is -0.385. The molecule has 0 saturated heterocycles. The molecule has 1 rings (SSSR count). The third-order valence-corrected chi connectivity index (χ3v) is 2.33. The highest BCUT2D eigenvalue weighted by molar-refractivity contribution is 5.95. The minimum absolute atomic E-state index is 0.123. The van der Waals surface area contributed by atoms with Gasteiger partial charge in [0.05, 0.1) is 29.3 Å². The molecule has 0 aliphatic rings. The van der Waals surface area contributed by atoms with E-state index in [1.807, 2.05) is 5.32 Å². The number of nitrogens with two attached hydrogens (primary N) is 1. The van der Waals surface area contributed by atoms with E-state index in [4.69, 9.17) is 5.73 Å². The van der Waals surface area contributed by atoms with Gasteiger partial charge in [0.1, 0.15) is 6.20 Å². The van der Waals surface area contributed by atoms with Gasteiger partial charge in [-0.15, -0.1) is 0 Å². The largest absolute Gasteiger partial charge is 0.346 e. The summed E-state index contributed by atoms with van der Waals surface area (Å²) in [6, 6.07) is 0.984. The summed E-state index contributed by atoms with van der Waals surface area (Å²) in [5.41, 5.74) is 4.52. The highest BCUT2D eigenvalue weighted by atomic mass is 19.3. The number of nitrogens with one attached hydrogen (secondary N) is 1. The quantitative estimate of drug-likeness (QED) is 0.604. The number of nitro groups is 1. The highest BCUT2D eigenvalue weighted by Crippen LogP contribution is 2.15. The fraction of sp³-hybridized carbons (Fsp3) is 0.400. The van der Waals surface area contributed by atoms with Gasteiger partial charge in [0, 0.05) is 6.07 Å². The zero-order valence-corrected chi connectivity index (χ0v) is 10.0. The molecule has 0 saturated carbocycles. The number of halogens is 2. The second-order valence-electron chi connectivity index (χ2n) is 3.83. The van der Waals surface area contributed by atoms with Crippen LogP contribution in [0.1, 0.15) is 16.1 Å². The number of rotatable bonds is 5. The molecule has 1 amide bonds. The number of alkyl halides is 2. The first-order valence-corrected chi connectivity index (χ1v) is 5.24. The number of pyridine rings is 1. The predicted octanol–water partition coefficient (Wildman–Crippen LogP) is 0.622. The minimum Gasteiger partial charge on any atom is -0.346 e. The fourth-order valence-corrected chi connectivity index (χ4v) is 1.23. The topological polar surface area (TPSA) is 111 Å². The van der Waals surface area contributed by atoms with E-state index in [0.29, 0.717) is 0 Å². The standard InChI is InChI=1S/C10H12F2N4O3/c1-6-8(2-7(3-14-6)16(18)19)9(17)15-5-10(11,12)4-13/h2-3H,4-5,13H2,1H3,(H,15,17). The van der Waals surface area contributed by atoms with Crippen molar-refractivity contribution in [2.75, 3.05) is 13.1 Å². The van der Waals surface area contributed by atoms with Crippen molar-refractivity contribution < 1.29 is 18.5 Å². The van der Waals surface area contributed by atoms with Gasteiger partial charge >= 0.3 is 0 Å². The monoisotopic (exact) mass is 274 g/mol. The highest BCUT2D eigenvalue weighted by Gasteiger charge is 2.28. The smallest absolute Gasteiger partial charge is 0.288 e. The number of carbonyl (C=O) groups excluding carboxylic acids is 1. The van der Waals surface area contributed by atoms with Gasteiger partial charge in [-0.2, -0.15) is 0 Å². The van der Waals surface area contributed by atoms with Gasteiger partial charge in [-0.1, -0.05) is 0 Å². The molecular weight excluding hydrogens is 262 g/mol. The average molecular weight is 274 g/mol. The molecule has 7 nitrogen and oxygen atoms in total. The second kappa shape index (κ2) is 5.65. The molecule has 0 unspecified atom stereocenters. The van der Waals surface area contributed by atoms with Crippen molar-refractivity contribution in [1.82, 2.24) is 10.3 Å². The molecule has 104 valence electrons. The Morgan fingerprint density at radius 3 is 2.79 bits per heavy atom. The minimum atomic E-state index is -3.22. The maximum Gasteiger partial charge on any atom is 0.288 e. The van der Waals surface area contributed by atoms with E-state index in [2.05, 4.69) is 4.98 Å². The predicted molar refractivity (Wildman–Crippen MR) is 62.0 cm³/mol. The molecule has 0 aromatic carbocycles. The number of amides is 1. The third-order valence-electron chi connectivity index (χ3n) is 2.33. The van der Waals surface area contributed by atoms with E-state index in [-0.39, 0.29) is 16.9 Å². The molecule has 3 N–H and O–H groups in total.